The highest BCUT2D eigenvalue weighted by molar-refractivity contribution is 8.26. The molecule has 1 aliphatic rings. The number of carbonyl (C=O) groups is 2. The molecule has 0 bridgehead atoms. The quantitative estimate of drug-likeness (QED) is 0.539. The molecule has 2 aromatic carbocycles. The van der Waals surface area contributed by atoms with Crippen LogP contribution in [0.25, 0.3) is 6.08 Å². The first-order valence-corrected chi connectivity index (χ1v) is 10.1. The van der Waals surface area contributed by atoms with Crippen molar-refractivity contribution < 1.29 is 23.8 Å². The molecule has 1 heterocycles. The molecule has 1 N–H and O–H groups in total. The first-order chi connectivity index (χ1) is 14.4. The van der Waals surface area contributed by atoms with Gasteiger partial charge in [0.1, 0.15) is 5.75 Å². The Morgan fingerprint density at radius 3 is 2.23 bits per heavy atom. The van der Waals surface area contributed by atoms with Crippen molar-refractivity contribution in [1.29, 1.82) is 0 Å². The van der Waals surface area contributed by atoms with Crippen molar-refractivity contribution in [3.8, 4) is 17.2 Å². The first kappa shape index (κ1) is 21.7. The molecule has 0 radical (unpaired) electrons. The van der Waals surface area contributed by atoms with Gasteiger partial charge in [-0.1, -0.05) is 29.5 Å². The third kappa shape index (κ3) is 4.42. The van der Waals surface area contributed by atoms with Crippen LogP contribution < -0.4 is 19.6 Å². The summed E-state index contributed by atoms with van der Waals surface area (Å²) < 4.78 is 16.2. The number of methoxy groups -OCH3 is 3. The van der Waals surface area contributed by atoms with Crippen LogP contribution in [-0.4, -0.2) is 42.5 Å². The number of carbonyl (C=O) groups excluding carboxylic acids is 2. The minimum Gasteiger partial charge on any atom is -0.496 e. The van der Waals surface area contributed by atoms with Crippen LogP contribution in [0.4, 0.5) is 0 Å². The maximum Gasteiger partial charge on any atom is 0.285 e. The predicted octanol–water partition coefficient (Wildman–Crippen LogP) is 3.57. The van der Waals surface area contributed by atoms with Crippen molar-refractivity contribution in [2.75, 3.05) is 21.3 Å². The summed E-state index contributed by atoms with van der Waals surface area (Å²) in [4.78, 5) is 25.7. The second kappa shape index (κ2) is 9.19. The lowest BCUT2D eigenvalue weighted by Gasteiger charge is -2.15. The fraction of sp³-hybridized carbons (Fsp3) is 0.190. The molecule has 156 valence electrons. The Bertz CT molecular complexity index is 1030. The third-order valence-corrected chi connectivity index (χ3v) is 5.65. The summed E-state index contributed by atoms with van der Waals surface area (Å²) in [6.45, 7) is 1.93. The van der Waals surface area contributed by atoms with E-state index >= 15 is 0 Å². The summed E-state index contributed by atoms with van der Waals surface area (Å²) in [5, 5.41) is 1.07. The van der Waals surface area contributed by atoms with Crippen molar-refractivity contribution in [3.05, 3.63) is 58.0 Å². The van der Waals surface area contributed by atoms with Gasteiger partial charge in [-0.3, -0.25) is 15.0 Å². The van der Waals surface area contributed by atoms with Crippen molar-refractivity contribution in [3.63, 3.8) is 0 Å². The molecule has 0 aromatic heterocycles. The molecule has 0 atom stereocenters. The highest BCUT2D eigenvalue weighted by Crippen LogP contribution is 2.38. The van der Waals surface area contributed by atoms with Crippen LogP contribution in [0.2, 0.25) is 0 Å². The Hall–Kier alpha value is -3.04. The van der Waals surface area contributed by atoms with Gasteiger partial charge in [0.15, 0.2) is 15.8 Å². The molecule has 7 nitrogen and oxygen atoms in total. The molecule has 1 aliphatic heterocycles. The van der Waals surface area contributed by atoms with Crippen LogP contribution in [0, 0.1) is 6.92 Å². The van der Waals surface area contributed by atoms with Crippen LogP contribution >= 0.6 is 24.0 Å². The number of rotatable bonds is 6. The van der Waals surface area contributed by atoms with Crippen molar-refractivity contribution in [2.45, 2.75) is 6.92 Å². The predicted molar refractivity (Wildman–Crippen MR) is 120 cm³/mol. The molecule has 9 heteroatoms. The molecule has 0 spiro atoms. The lowest BCUT2D eigenvalue weighted by molar-refractivity contribution is -0.123. The number of aryl methyl sites for hydroxylation is 1. The summed E-state index contributed by atoms with van der Waals surface area (Å²) in [6, 6.07) is 10.4. The Kier molecular flexibility index (Phi) is 6.63. The van der Waals surface area contributed by atoms with Gasteiger partial charge in [-0.05, 0) is 43.4 Å². The maximum absolute atomic E-state index is 12.9. The molecule has 0 saturated carbocycles. The van der Waals surface area contributed by atoms with E-state index in [1.165, 1.54) is 21.3 Å². The van der Waals surface area contributed by atoms with Crippen molar-refractivity contribution in [2.24, 2.45) is 0 Å². The minimum atomic E-state index is -0.428. The average Bonchev–Trinajstić information content (AvgIpc) is 3.01. The van der Waals surface area contributed by atoms with Gasteiger partial charge in [-0.15, -0.1) is 0 Å². The van der Waals surface area contributed by atoms with E-state index in [2.05, 4.69) is 5.43 Å². The highest BCUT2D eigenvalue weighted by atomic mass is 32.2. The molecular weight excluding hydrogens is 424 g/mol. The summed E-state index contributed by atoms with van der Waals surface area (Å²) in [7, 11) is 4.57. The number of hydrogen-bond donors (Lipinski definition) is 1. The molecule has 2 amide bonds. The lowest BCUT2D eigenvalue weighted by atomic mass is 10.1. The van der Waals surface area contributed by atoms with E-state index in [4.69, 9.17) is 26.4 Å². The van der Waals surface area contributed by atoms with Gasteiger partial charge in [0.05, 0.1) is 26.2 Å². The lowest BCUT2D eigenvalue weighted by Crippen LogP contribution is -2.44. The number of thioether (sulfide) groups is 1. The zero-order chi connectivity index (χ0) is 21.8. The van der Waals surface area contributed by atoms with E-state index in [0.717, 1.165) is 22.3 Å². The molecule has 3 rings (SSSR count). The van der Waals surface area contributed by atoms with Crippen molar-refractivity contribution >= 4 is 46.2 Å². The average molecular weight is 445 g/mol. The van der Waals surface area contributed by atoms with Gasteiger partial charge in [0.2, 0.25) is 0 Å². The van der Waals surface area contributed by atoms with E-state index in [0.29, 0.717) is 33.3 Å². The number of hydrazine groups is 1. The van der Waals surface area contributed by atoms with Gasteiger partial charge >= 0.3 is 0 Å². The second-order valence-corrected chi connectivity index (χ2v) is 7.95. The van der Waals surface area contributed by atoms with Gasteiger partial charge in [-0.25, -0.2) is 0 Å². The van der Waals surface area contributed by atoms with Gasteiger partial charge in [0.25, 0.3) is 11.8 Å². The molecule has 1 saturated heterocycles. The van der Waals surface area contributed by atoms with Crippen LogP contribution in [0.5, 0.6) is 17.2 Å². The van der Waals surface area contributed by atoms with E-state index in [1.807, 2.05) is 19.1 Å². The van der Waals surface area contributed by atoms with Crippen LogP contribution in [-0.2, 0) is 4.79 Å². The Morgan fingerprint density at radius 1 is 1.03 bits per heavy atom. The molecule has 0 unspecified atom stereocenters. The van der Waals surface area contributed by atoms with Gasteiger partial charge < -0.3 is 14.2 Å². The molecule has 2 aromatic rings. The molecule has 30 heavy (non-hydrogen) atoms. The number of amides is 2. The van der Waals surface area contributed by atoms with Gasteiger partial charge in [-0.2, -0.15) is 5.01 Å². The van der Waals surface area contributed by atoms with E-state index in [1.54, 1.807) is 30.3 Å². The number of benzene rings is 2. The Balaban J connectivity index is 1.86. The zero-order valence-electron chi connectivity index (χ0n) is 16.8. The largest absolute Gasteiger partial charge is 0.496 e. The van der Waals surface area contributed by atoms with E-state index in [9.17, 15) is 9.59 Å². The van der Waals surface area contributed by atoms with Crippen LogP contribution in [0.15, 0.2) is 41.3 Å². The monoisotopic (exact) mass is 444 g/mol. The topological polar surface area (TPSA) is 77.1 Å². The number of thiocarbonyl (C=S) groups is 1. The second-order valence-electron chi connectivity index (χ2n) is 6.27. The Morgan fingerprint density at radius 2 is 1.63 bits per heavy atom. The standard InChI is InChI=1S/C21H20N2O5S2/c1-12-5-7-13(8-6-12)19(24)22-23-20(25)18(30-21(23)29)10-14-9-16(27-3)17(28-4)11-15(14)26-2/h5-11H,1-4H3,(H,22,24). The zero-order valence-corrected chi connectivity index (χ0v) is 18.5. The van der Waals surface area contributed by atoms with E-state index in [-0.39, 0.29) is 4.32 Å². The normalized spacial score (nSPS) is 14.8. The van der Waals surface area contributed by atoms with Crippen LogP contribution in [0.3, 0.4) is 0 Å². The summed E-state index contributed by atoms with van der Waals surface area (Å²) in [6.07, 6.45) is 1.64. The number of nitrogens with one attached hydrogen (secondary N) is 1. The number of ether oxygens (including phenoxy) is 3. The SMILES string of the molecule is COc1cc(OC)c(OC)cc1C=C1SC(=S)N(NC(=O)c2ccc(C)cc2)C1=O. The molecule has 0 aliphatic carbocycles. The number of nitrogens with zero attached hydrogens (tertiary/aromatic N) is 1. The molecule has 1 fully saturated rings. The van der Waals surface area contributed by atoms with Crippen LogP contribution in [0.1, 0.15) is 21.5 Å². The summed E-state index contributed by atoms with van der Waals surface area (Å²) >= 11 is 6.37. The van der Waals surface area contributed by atoms with Crippen molar-refractivity contribution in [1.82, 2.24) is 10.4 Å². The highest BCUT2D eigenvalue weighted by Gasteiger charge is 2.34. The molecular formula is C21H20N2O5S2. The number of hydrogen-bond acceptors (Lipinski definition) is 7. The minimum absolute atomic E-state index is 0.228. The third-order valence-electron chi connectivity index (χ3n) is 4.34. The first-order valence-electron chi connectivity index (χ1n) is 8.83. The summed E-state index contributed by atoms with van der Waals surface area (Å²) in [5.41, 5.74) is 4.64. The van der Waals surface area contributed by atoms with Gasteiger partial charge in [0, 0.05) is 17.2 Å². The Labute approximate surface area is 184 Å². The summed E-state index contributed by atoms with van der Waals surface area (Å²) in [5.74, 6) is 0.650. The smallest absolute Gasteiger partial charge is 0.285 e. The maximum atomic E-state index is 12.9. The fourth-order valence-corrected chi connectivity index (χ4v) is 3.91. The fourth-order valence-electron chi connectivity index (χ4n) is 2.74. The van der Waals surface area contributed by atoms with E-state index < -0.39 is 11.8 Å².